The molecule has 5 nitrogen and oxygen atoms in total. The van der Waals surface area contributed by atoms with Crippen molar-refractivity contribution in [2.75, 3.05) is 7.05 Å². The fourth-order valence-corrected chi connectivity index (χ4v) is 0.176. The summed E-state index contributed by atoms with van der Waals surface area (Å²) in [6.45, 7) is 7.78. The summed E-state index contributed by atoms with van der Waals surface area (Å²) in [7, 11) is 1.56. The number of carbonyl (C=O) groups excluding carboxylic acids is 4. The van der Waals surface area contributed by atoms with Gasteiger partial charge in [0.15, 0.2) is 0 Å². The summed E-state index contributed by atoms with van der Waals surface area (Å²) in [5.41, 5.74) is 0. The Kier molecular flexibility index (Phi) is 98.5. The lowest BCUT2D eigenvalue weighted by atomic mass is 10.4. The van der Waals surface area contributed by atoms with Crippen LogP contribution in [0.15, 0.2) is 0 Å². The van der Waals surface area contributed by atoms with Gasteiger partial charge in [-0.1, -0.05) is 7.43 Å². The highest BCUT2D eigenvalue weighted by atomic mass is 16.1. The molecular formula is C18H28NO4-. The minimum absolute atomic E-state index is 0. The van der Waals surface area contributed by atoms with Crippen LogP contribution in [0.1, 0.15) is 42.0 Å². The molecule has 0 aromatic rings. The molecule has 1 amide bonds. The maximum absolute atomic E-state index is 9.44. The maximum Gasteiger partial charge on any atom is 0.206 e. The molecule has 0 aromatic carbocycles. The number of rotatable bonds is 1. The Hall–Kier alpha value is -2.97. The standard InChI is InChI=1S/C8H5.C3H6O.C2H5NO.2C2H4O.CH4/c1-3-5-7-8-6-4-2;1-3(2)4;1-3-2-4;2*1-2-3;/h1,4H,2H3;1-2H3;2H,1H3,(H,3,4);2*2H,1H3;1H4/q-1;;;;;. The molecule has 5 heteroatoms. The molecule has 1 N–H and O–H groups in total. The predicted octanol–water partition coefficient (Wildman–Crippen LogP) is 1.85. The van der Waals surface area contributed by atoms with Gasteiger partial charge in [-0.05, 0) is 39.5 Å². The Bertz CT molecular complexity index is 402. The van der Waals surface area contributed by atoms with Gasteiger partial charge in [0.1, 0.15) is 18.4 Å². The molecule has 23 heavy (non-hydrogen) atoms. The van der Waals surface area contributed by atoms with Crippen molar-refractivity contribution in [1.82, 2.24) is 5.32 Å². The lowest BCUT2D eigenvalue weighted by Crippen LogP contribution is -1.98. The first-order chi connectivity index (χ1) is 10.4. The van der Waals surface area contributed by atoms with Crippen LogP contribution in [0.3, 0.4) is 0 Å². The largest absolute Gasteiger partial charge is 0.362 e. The summed E-state index contributed by atoms with van der Waals surface area (Å²) < 4.78 is 0. The zero-order valence-electron chi connectivity index (χ0n) is 14.0. The number of amides is 1. The van der Waals surface area contributed by atoms with Gasteiger partial charge >= 0.3 is 0 Å². The highest BCUT2D eigenvalue weighted by molar-refractivity contribution is 5.72. The summed E-state index contributed by atoms with van der Waals surface area (Å²) in [5, 5.41) is 2.25. The number of hydrogen-bond acceptors (Lipinski definition) is 4. The molecule has 0 heterocycles. The Morgan fingerprint density at radius 1 is 1.04 bits per heavy atom. The van der Waals surface area contributed by atoms with Crippen LogP contribution >= 0.6 is 0 Å². The number of nitrogens with one attached hydrogen (secondary N) is 1. The van der Waals surface area contributed by atoms with E-state index in [1.165, 1.54) is 27.7 Å². The summed E-state index contributed by atoms with van der Waals surface area (Å²) in [4.78, 5) is 36.1. The van der Waals surface area contributed by atoms with Gasteiger partial charge in [0.2, 0.25) is 6.41 Å². The molecule has 0 bridgehead atoms. The first-order valence-electron chi connectivity index (χ1n) is 6.01. The third kappa shape index (κ3) is 601. The Morgan fingerprint density at radius 2 is 1.35 bits per heavy atom. The summed E-state index contributed by atoms with van der Waals surface area (Å²) in [6.07, 6.45) is 8.65. The van der Waals surface area contributed by atoms with Gasteiger partial charge in [-0.15, -0.1) is 19.3 Å². The lowest BCUT2D eigenvalue weighted by molar-refractivity contribution is -0.115. The van der Waals surface area contributed by atoms with Crippen LogP contribution in [0.2, 0.25) is 0 Å². The first-order valence-corrected chi connectivity index (χ1v) is 6.01. The second kappa shape index (κ2) is 61.5. The third-order valence-corrected chi connectivity index (χ3v) is 0.532. The second-order valence-electron chi connectivity index (χ2n) is 2.74. The molecular weight excluding hydrogens is 294 g/mol. The van der Waals surface area contributed by atoms with Crippen molar-refractivity contribution in [3.8, 4) is 36.0 Å². The first kappa shape index (κ1) is 36.9. The number of terminal acetylenes is 1. The molecule has 0 atom stereocenters. The average molecular weight is 322 g/mol. The Morgan fingerprint density at radius 3 is 1.52 bits per heavy atom. The summed E-state index contributed by atoms with van der Waals surface area (Å²) in [6, 6.07) is 0. The van der Waals surface area contributed by atoms with Crippen LogP contribution < -0.4 is 5.32 Å². The molecule has 0 spiro atoms. The molecule has 0 fully saturated rings. The summed E-state index contributed by atoms with van der Waals surface area (Å²) >= 11 is 0. The topological polar surface area (TPSA) is 80.3 Å². The lowest BCUT2D eigenvalue weighted by Gasteiger charge is -1.76. The van der Waals surface area contributed by atoms with Crippen LogP contribution in [0.4, 0.5) is 0 Å². The van der Waals surface area contributed by atoms with E-state index in [9.17, 15) is 4.79 Å². The van der Waals surface area contributed by atoms with Crippen molar-refractivity contribution in [3.05, 3.63) is 6.42 Å². The highest BCUT2D eigenvalue weighted by Gasteiger charge is 1.62. The Balaban J connectivity index is -0.0000000418. The molecule has 0 saturated heterocycles. The third-order valence-electron chi connectivity index (χ3n) is 0.532. The normalized spacial score (nSPS) is 4.57. The van der Waals surface area contributed by atoms with Gasteiger partial charge in [-0.3, -0.25) is 10.7 Å². The van der Waals surface area contributed by atoms with Crippen LogP contribution in [0.5, 0.6) is 0 Å². The molecule has 0 aliphatic heterocycles. The highest BCUT2D eigenvalue weighted by Crippen LogP contribution is 1.61. The van der Waals surface area contributed by atoms with Crippen LogP contribution in [0.25, 0.3) is 0 Å². The molecule has 0 rings (SSSR count). The van der Waals surface area contributed by atoms with E-state index < -0.39 is 0 Å². The van der Waals surface area contributed by atoms with Crippen molar-refractivity contribution in [1.29, 1.82) is 0 Å². The smallest absolute Gasteiger partial charge is 0.206 e. The van der Waals surface area contributed by atoms with Gasteiger partial charge in [0, 0.05) is 7.05 Å². The van der Waals surface area contributed by atoms with Gasteiger partial charge in [-0.25, -0.2) is 5.92 Å². The SMILES string of the molecule is C.C#CC#CC#C[CH-]C.CC(C)=O.CC=O.CC=O.CNC=O. The fraction of sp³-hybridized carbons (Fsp3) is 0.389. The number of hydrogen-bond donors (Lipinski definition) is 1. The minimum Gasteiger partial charge on any atom is -0.362 e. The molecule has 0 aromatic heterocycles. The molecule has 0 unspecified atom stereocenters. The van der Waals surface area contributed by atoms with E-state index in [0.717, 1.165) is 12.6 Å². The Labute approximate surface area is 141 Å². The molecule has 0 radical (unpaired) electrons. The van der Waals surface area contributed by atoms with Gasteiger partial charge in [0.05, 0.1) is 0 Å². The minimum atomic E-state index is 0. The second-order valence-corrected chi connectivity index (χ2v) is 2.74. The van der Waals surface area contributed by atoms with Crippen molar-refractivity contribution in [2.45, 2.75) is 42.0 Å². The number of Topliss-reactive ketones (excluding diaryl/α,β-unsaturated/α-hetero) is 1. The average Bonchev–Trinajstić information content (AvgIpc) is 2.45. The van der Waals surface area contributed by atoms with Crippen molar-refractivity contribution < 1.29 is 19.2 Å². The molecule has 0 aliphatic rings. The summed E-state index contributed by atoms with van der Waals surface area (Å²) in [5.74, 6) is 12.3. The van der Waals surface area contributed by atoms with E-state index in [-0.39, 0.29) is 13.2 Å². The van der Waals surface area contributed by atoms with E-state index in [2.05, 4.69) is 34.9 Å². The van der Waals surface area contributed by atoms with Crippen LogP contribution in [0, 0.1) is 42.4 Å². The van der Waals surface area contributed by atoms with Crippen molar-refractivity contribution >= 4 is 24.8 Å². The van der Waals surface area contributed by atoms with Crippen LogP contribution in [-0.4, -0.2) is 31.8 Å². The van der Waals surface area contributed by atoms with Gasteiger partial charge in [0.25, 0.3) is 0 Å². The quantitative estimate of drug-likeness (QED) is 0.454. The zero-order chi connectivity index (χ0) is 18.6. The molecule has 0 aliphatic carbocycles. The number of ketones is 1. The molecule has 130 valence electrons. The van der Waals surface area contributed by atoms with E-state index >= 15 is 0 Å². The monoisotopic (exact) mass is 322 g/mol. The van der Waals surface area contributed by atoms with E-state index in [4.69, 9.17) is 20.8 Å². The maximum atomic E-state index is 9.44. The van der Waals surface area contributed by atoms with E-state index in [1.54, 1.807) is 13.5 Å². The number of aldehydes is 2. The van der Waals surface area contributed by atoms with Gasteiger partial charge in [-0.2, -0.15) is 6.42 Å². The van der Waals surface area contributed by atoms with Crippen molar-refractivity contribution in [2.24, 2.45) is 0 Å². The zero-order valence-corrected chi connectivity index (χ0v) is 14.0. The van der Waals surface area contributed by atoms with E-state index in [1.807, 2.05) is 6.92 Å². The van der Waals surface area contributed by atoms with Crippen molar-refractivity contribution in [3.63, 3.8) is 0 Å². The van der Waals surface area contributed by atoms with Crippen LogP contribution in [-0.2, 0) is 19.2 Å². The van der Waals surface area contributed by atoms with E-state index in [0.29, 0.717) is 6.41 Å². The van der Waals surface area contributed by atoms with Gasteiger partial charge < -0.3 is 19.7 Å². The molecule has 0 saturated carbocycles. The predicted molar refractivity (Wildman–Crippen MR) is 96.0 cm³/mol. The fourth-order valence-electron chi connectivity index (χ4n) is 0.176. The number of carbonyl (C=O) groups is 4.